The molecular formula is C17H12Cl2F2N2O3. The van der Waals surface area contributed by atoms with Gasteiger partial charge in [0.05, 0.1) is 12.1 Å². The van der Waals surface area contributed by atoms with E-state index in [4.69, 9.17) is 23.2 Å². The number of carbonyl (C=O) groups excluding carboxylic acids is 2. The number of hydrogen-bond donors (Lipinski definition) is 1. The second-order valence-electron chi connectivity index (χ2n) is 5.52. The van der Waals surface area contributed by atoms with Gasteiger partial charge in [-0.2, -0.15) is 0 Å². The Kier molecular flexibility index (Phi) is 5.02. The van der Waals surface area contributed by atoms with Crippen molar-refractivity contribution in [1.29, 1.82) is 0 Å². The number of anilines is 2. The molecule has 2 aromatic carbocycles. The first-order valence-corrected chi connectivity index (χ1v) is 8.23. The van der Waals surface area contributed by atoms with Gasteiger partial charge >= 0.3 is 5.57 Å². The smallest absolute Gasteiger partial charge is 0.420 e. The van der Waals surface area contributed by atoms with Gasteiger partial charge in [0, 0.05) is 22.3 Å². The van der Waals surface area contributed by atoms with Crippen LogP contribution < -0.4 is 15.0 Å². The number of amides is 2. The number of rotatable bonds is 5. The van der Waals surface area contributed by atoms with Crippen LogP contribution in [0.4, 0.5) is 20.2 Å². The van der Waals surface area contributed by atoms with E-state index in [0.717, 1.165) is 4.90 Å². The number of alkyl halides is 3. The summed E-state index contributed by atoms with van der Waals surface area (Å²) in [5.41, 5.74) is -2.90. The Morgan fingerprint density at radius 3 is 2.27 bits per heavy atom. The summed E-state index contributed by atoms with van der Waals surface area (Å²) in [4.78, 5) is 25.8. The summed E-state index contributed by atoms with van der Waals surface area (Å²) in [6.45, 7) is 0. The van der Waals surface area contributed by atoms with Crippen molar-refractivity contribution in [2.24, 2.45) is 0 Å². The van der Waals surface area contributed by atoms with Crippen LogP contribution in [-0.4, -0.2) is 23.4 Å². The Labute approximate surface area is 157 Å². The number of imide groups is 1. The van der Waals surface area contributed by atoms with Gasteiger partial charge in [-0.25, -0.2) is 4.90 Å². The zero-order chi connectivity index (χ0) is 18.9. The van der Waals surface area contributed by atoms with Crippen molar-refractivity contribution >= 4 is 46.4 Å². The van der Waals surface area contributed by atoms with Crippen molar-refractivity contribution in [3.05, 3.63) is 53.6 Å². The van der Waals surface area contributed by atoms with E-state index in [1.54, 1.807) is 24.3 Å². The molecule has 1 atom stereocenters. The molecule has 26 heavy (non-hydrogen) atoms. The Balaban J connectivity index is 1.70. The lowest BCUT2D eigenvalue weighted by atomic mass is 10.2. The van der Waals surface area contributed by atoms with Gasteiger partial charge in [0.15, 0.2) is 0 Å². The number of hydrogen-bond acceptors (Lipinski definition) is 4. The first-order valence-electron chi connectivity index (χ1n) is 7.48. The van der Waals surface area contributed by atoms with Gasteiger partial charge in [0.1, 0.15) is 11.8 Å². The van der Waals surface area contributed by atoms with E-state index in [1.807, 2.05) is 0 Å². The van der Waals surface area contributed by atoms with Crippen LogP contribution in [0.2, 0.25) is 5.02 Å². The minimum atomic E-state index is -3.80. The molecule has 2 amide bonds. The van der Waals surface area contributed by atoms with Crippen molar-refractivity contribution < 1.29 is 23.1 Å². The largest absolute Gasteiger partial charge is 0.487 e. The first-order chi connectivity index (χ1) is 12.2. The van der Waals surface area contributed by atoms with Crippen molar-refractivity contribution in [1.82, 2.24) is 0 Å². The molecule has 1 aliphatic heterocycles. The van der Waals surface area contributed by atoms with E-state index in [2.05, 4.69) is 10.1 Å². The van der Waals surface area contributed by atoms with E-state index in [-0.39, 0.29) is 18.1 Å². The Bertz CT molecular complexity index is 823. The molecule has 0 radical (unpaired) electrons. The van der Waals surface area contributed by atoms with Crippen molar-refractivity contribution in [2.45, 2.75) is 18.0 Å². The van der Waals surface area contributed by atoms with Crippen LogP contribution in [0, 0.1) is 0 Å². The van der Waals surface area contributed by atoms with Crippen molar-refractivity contribution in [2.75, 3.05) is 10.2 Å². The summed E-state index contributed by atoms with van der Waals surface area (Å²) < 4.78 is 29.4. The van der Waals surface area contributed by atoms with Crippen LogP contribution in [-0.2, 0) is 9.59 Å². The van der Waals surface area contributed by atoms with Gasteiger partial charge in [-0.1, -0.05) is 11.6 Å². The highest BCUT2D eigenvalue weighted by Gasteiger charge is 2.39. The Morgan fingerprint density at radius 2 is 1.69 bits per heavy atom. The maximum atomic E-state index is 12.6. The van der Waals surface area contributed by atoms with Gasteiger partial charge < -0.3 is 10.1 Å². The molecule has 9 heteroatoms. The standard InChI is InChI=1S/C17H12Cl2F2N2O3/c18-10-1-5-12(6-2-10)23-15(24)9-14(16(23)25)22-11-3-7-13(8-4-11)26-17(19,20)21/h1-8,14,22H,9H2/t14-/m1/s1. The lowest BCUT2D eigenvalue weighted by Crippen LogP contribution is -2.34. The molecule has 0 spiro atoms. The zero-order valence-corrected chi connectivity index (χ0v) is 14.6. The fourth-order valence-electron chi connectivity index (χ4n) is 2.56. The molecule has 1 saturated heterocycles. The number of ether oxygens (including phenoxy) is 1. The van der Waals surface area contributed by atoms with E-state index in [1.165, 1.54) is 24.3 Å². The SMILES string of the molecule is O=C1C[C@@H](Nc2ccc(OC(F)(F)Cl)cc2)C(=O)N1c1ccc(Cl)cc1. The highest BCUT2D eigenvalue weighted by Crippen LogP contribution is 2.28. The maximum Gasteiger partial charge on any atom is 0.487 e. The van der Waals surface area contributed by atoms with Gasteiger partial charge in [-0.3, -0.25) is 9.59 Å². The van der Waals surface area contributed by atoms with Gasteiger partial charge in [0.2, 0.25) is 5.91 Å². The van der Waals surface area contributed by atoms with Crippen LogP contribution in [0.5, 0.6) is 5.75 Å². The van der Waals surface area contributed by atoms with Gasteiger partial charge in [-0.15, -0.1) is 8.78 Å². The van der Waals surface area contributed by atoms with E-state index < -0.39 is 17.5 Å². The molecule has 0 unspecified atom stereocenters. The van der Waals surface area contributed by atoms with Crippen LogP contribution in [0.25, 0.3) is 0 Å². The third kappa shape index (κ3) is 4.23. The molecule has 0 bridgehead atoms. The second-order valence-corrected chi connectivity index (χ2v) is 6.39. The van der Waals surface area contributed by atoms with Crippen molar-refractivity contribution in [3.63, 3.8) is 0 Å². The quantitative estimate of drug-likeness (QED) is 0.601. The number of benzene rings is 2. The maximum absolute atomic E-state index is 12.6. The third-order valence-electron chi connectivity index (χ3n) is 3.66. The summed E-state index contributed by atoms with van der Waals surface area (Å²) in [7, 11) is 0. The minimum absolute atomic E-state index is 0.0283. The number of nitrogens with zero attached hydrogens (tertiary/aromatic N) is 1. The topological polar surface area (TPSA) is 58.6 Å². The minimum Gasteiger partial charge on any atom is -0.420 e. The normalized spacial score (nSPS) is 17.5. The highest BCUT2D eigenvalue weighted by atomic mass is 35.5. The predicted octanol–water partition coefficient (Wildman–Crippen LogP) is 4.25. The zero-order valence-electron chi connectivity index (χ0n) is 13.1. The van der Waals surface area contributed by atoms with E-state index >= 15 is 0 Å². The molecule has 0 aromatic heterocycles. The second kappa shape index (κ2) is 7.09. The summed E-state index contributed by atoms with van der Waals surface area (Å²) in [5, 5.41) is 3.40. The van der Waals surface area contributed by atoms with Crippen LogP contribution in [0.15, 0.2) is 48.5 Å². The van der Waals surface area contributed by atoms with Crippen LogP contribution in [0.3, 0.4) is 0 Å². The fourth-order valence-corrected chi connectivity index (χ4v) is 2.78. The van der Waals surface area contributed by atoms with E-state index in [9.17, 15) is 18.4 Å². The summed E-state index contributed by atoms with van der Waals surface area (Å²) in [6.07, 6.45) is -0.0283. The average Bonchev–Trinajstić information content (AvgIpc) is 2.83. The lowest BCUT2D eigenvalue weighted by Gasteiger charge is -2.16. The molecule has 136 valence electrons. The lowest BCUT2D eigenvalue weighted by molar-refractivity contribution is -0.121. The molecule has 1 N–H and O–H groups in total. The number of halogens is 4. The molecule has 0 saturated carbocycles. The van der Waals surface area contributed by atoms with Crippen molar-refractivity contribution in [3.8, 4) is 5.75 Å². The van der Waals surface area contributed by atoms with Crippen LogP contribution in [0.1, 0.15) is 6.42 Å². The molecule has 0 aliphatic carbocycles. The summed E-state index contributed by atoms with van der Waals surface area (Å²) in [5.74, 6) is -0.895. The average molecular weight is 401 g/mol. The summed E-state index contributed by atoms with van der Waals surface area (Å²) >= 11 is 10.5. The molecule has 1 aliphatic rings. The molecular weight excluding hydrogens is 389 g/mol. The van der Waals surface area contributed by atoms with Gasteiger partial charge in [-0.05, 0) is 48.5 Å². The Hall–Kier alpha value is -2.38. The predicted molar refractivity (Wildman–Crippen MR) is 93.8 cm³/mol. The molecule has 5 nitrogen and oxygen atoms in total. The molecule has 2 aromatic rings. The highest BCUT2D eigenvalue weighted by molar-refractivity contribution is 6.31. The Morgan fingerprint density at radius 1 is 1.08 bits per heavy atom. The molecule has 1 fully saturated rings. The third-order valence-corrected chi connectivity index (χ3v) is 3.99. The first kappa shape index (κ1) is 18.4. The number of nitrogens with one attached hydrogen (secondary N) is 1. The summed E-state index contributed by atoms with van der Waals surface area (Å²) in [6, 6.07) is 11.0. The fraction of sp³-hybridized carbons (Fsp3) is 0.176. The number of carbonyl (C=O) groups is 2. The molecule has 1 heterocycles. The monoisotopic (exact) mass is 400 g/mol. The molecule has 3 rings (SSSR count). The van der Waals surface area contributed by atoms with Crippen LogP contribution >= 0.6 is 23.2 Å². The van der Waals surface area contributed by atoms with Gasteiger partial charge in [0.25, 0.3) is 5.91 Å². The van der Waals surface area contributed by atoms with E-state index in [0.29, 0.717) is 16.4 Å².